The minimum absolute atomic E-state index is 0.456. The Morgan fingerprint density at radius 1 is 1.50 bits per heavy atom. The minimum Gasteiger partial charge on any atom is -0.426 e. The molecule has 0 aromatic rings. The summed E-state index contributed by atoms with van der Waals surface area (Å²) in [6.07, 6.45) is 7.45. The van der Waals surface area contributed by atoms with E-state index in [4.69, 9.17) is 10.0 Å². The number of carbonyl (C=O) groups is 1. The van der Waals surface area contributed by atoms with Crippen molar-refractivity contribution in [1.29, 1.82) is 0 Å². The van der Waals surface area contributed by atoms with Crippen LogP contribution in [0.4, 0.5) is 0 Å². The maximum Gasteiger partial charge on any atom is 0.462 e. The molecule has 3 nitrogen and oxygen atoms in total. The normalized spacial score (nSPS) is 33.4. The molecule has 0 aromatic carbocycles. The van der Waals surface area contributed by atoms with Crippen molar-refractivity contribution < 1.29 is 14.8 Å². The molecule has 0 fully saturated rings. The summed E-state index contributed by atoms with van der Waals surface area (Å²) in [5.74, 6) is -0.456. The molecule has 64 valence electrons. The Hall–Kier alpha value is -0.865. The van der Waals surface area contributed by atoms with Crippen molar-refractivity contribution in [2.24, 2.45) is 5.92 Å². The van der Waals surface area contributed by atoms with Gasteiger partial charge < -0.3 is 14.8 Å². The average molecular weight is 166 g/mol. The molecule has 1 aliphatic carbocycles. The molecule has 0 bridgehead atoms. The van der Waals surface area contributed by atoms with E-state index in [-0.39, 0.29) is 0 Å². The van der Waals surface area contributed by atoms with Gasteiger partial charge >= 0.3 is 7.12 Å². The van der Waals surface area contributed by atoms with Crippen LogP contribution in [0.25, 0.3) is 0 Å². The van der Waals surface area contributed by atoms with Crippen LogP contribution in [0.15, 0.2) is 24.3 Å². The van der Waals surface area contributed by atoms with E-state index in [0.29, 0.717) is 0 Å². The number of allylic oxidation sites excluding steroid dienone is 4. The fourth-order valence-corrected chi connectivity index (χ4v) is 1.22. The van der Waals surface area contributed by atoms with Gasteiger partial charge in [0.25, 0.3) is 0 Å². The van der Waals surface area contributed by atoms with E-state index >= 15 is 0 Å². The van der Waals surface area contributed by atoms with E-state index in [1.807, 2.05) is 0 Å². The van der Waals surface area contributed by atoms with Crippen molar-refractivity contribution >= 4 is 13.4 Å². The zero-order chi connectivity index (χ0) is 9.19. The molecule has 0 heterocycles. The Bertz CT molecular complexity index is 234. The highest BCUT2D eigenvalue weighted by molar-refractivity contribution is 6.47. The van der Waals surface area contributed by atoms with Crippen molar-refractivity contribution in [3.05, 3.63) is 24.3 Å². The Balaban J connectivity index is 2.94. The third kappa shape index (κ3) is 1.35. The van der Waals surface area contributed by atoms with Crippen LogP contribution >= 0.6 is 0 Å². The molecule has 0 aromatic heterocycles. The standard InChI is InChI=1S/C8H11BO3/c1-8(9(11)12)5-3-2-4-7(8)6-10/h2-7,11-12H,1H3. The van der Waals surface area contributed by atoms with Gasteiger partial charge in [-0.3, -0.25) is 0 Å². The summed E-state index contributed by atoms with van der Waals surface area (Å²) in [7, 11) is -1.51. The summed E-state index contributed by atoms with van der Waals surface area (Å²) in [6.45, 7) is 1.64. The van der Waals surface area contributed by atoms with E-state index in [9.17, 15) is 4.79 Å². The van der Waals surface area contributed by atoms with Crippen LogP contribution in [0.3, 0.4) is 0 Å². The van der Waals surface area contributed by atoms with Gasteiger partial charge in [-0.05, 0) is 0 Å². The Morgan fingerprint density at radius 3 is 2.58 bits per heavy atom. The summed E-state index contributed by atoms with van der Waals surface area (Å²) in [5, 5.41) is 17.2. The molecule has 2 unspecified atom stereocenters. The molecule has 0 spiro atoms. The molecule has 0 amide bonds. The highest BCUT2D eigenvalue weighted by Gasteiger charge is 2.41. The van der Waals surface area contributed by atoms with Crippen molar-refractivity contribution in [3.63, 3.8) is 0 Å². The van der Waals surface area contributed by atoms with Crippen LogP contribution in [-0.4, -0.2) is 23.5 Å². The van der Waals surface area contributed by atoms with Gasteiger partial charge in [0.2, 0.25) is 0 Å². The lowest BCUT2D eigenvalue weighted by atomic mass is 9.52. The molecule has 4 heteroatoms. The van der Waals surface area contributed by atoms with Crippen molar-refractivity contribution in [3.8, 4) is 0 Å². The van der Waals surface area contributed by atoms with Gasteiger partial charge in [-0.2, -0.15) is 0 Å². The third-order valence-corrected chi connectivity index (χ3v) is 2.31. The van der Waals surface area contributed by atoms with Crippen LogP contribution in [-0.2, 0) is 4.79 Å². The number of aldehydes is 1. The predicted molar refractivity (Wildman–Crippen MR) is 46.4 cm³/mol. The molecule has 2 atom stereocenters. The number of hydrogen-bond donors (Lipinski definition) is 2. The predicted octanol–water partition coefficient (Wildman–Crippen LogP) is 0.161. The number of hydrogen-bond acceptors (Lipinski definition) is 3. The summed E-state index contributed by atoms with van der Waals surface area (Å²) in [4.78, 5) is 10.6. The lowest BCUT2D eigenvalue weighted by Crippen LogP contribution is -2.36. The van der Waals surface area contributed by atoms with Gasteiger partial charge in [0.15, 0.2) is 0 Å². The maximum absolute atomic E-state index is 10.6. The third-order valence-electron chi connectivity index (χ3n) is 2.31. The van der Waals surface area contributed by atoms with Gasteiger partial charge in [-0.1, -0.05) is 31.2 Å². The van der Waals surface area contributed by atoms with Crippen LogP contribution in [0, 0.1) is 5.92 Å². The SMILES string of the molecule is CC1(B(O)O)C=CC=CC1C=O. The van der Waals surface area contributed by atoms with Gasteiger partial charge in [-0.15, -0.1) is 0 Å². The summed E-state index contributed by atoms with van der Waals surface area (Å²) >= 11 is 0. The first kappa shape index (κ1) is 9.22. The van der Waals surface area contributed by atoms with Crippen LogP contribution in [0.1, 0.15) is 6.92 Å². The molecular formula is C8H11BO3. The summed E-state index contributed by atoms with van der Waals surface area (Å²) in [5.41, 5.74) is 0. The Morgan fingerprint density at radius 2 is 2.17 bits per heavy atom. The fourth-order valence-electron chi connectivity index (χ4n) is 1.22. The largest absolute Gasteiger partial charge is 0.462 e. The van der Waals surface area contributed by atoms with Gasteiger partial charge in [0, 0.05) is 11.2 Å². The average Bonchev–Trinajstić information content (AvgIpc) is 2.05. The minimum atomic E-state index is -1.51. The first-order valence-corrected chi connectivity index (χ1v) is 3.78. The van der Waals surface area contributed by atoms with E-state index < -0.39 is 18.4 Å². The maximum atomic E-state index is 10.6. The van der Waals surface area contributed by atoms with Crippen LogP contribution < -0.4 is 0 Å². The van der Waals surface area contributed by atoms with E-state index in [1.165, 1.54) is 0 Å². The molecule has 12 heavy (non-hydrogen) atoms. The second kappa shape index (κ2) is 3.25. The van der Waals surface area contributed by atoms with Crippen molar-refractivity contribution in [2.75, 3.05) is 0 Å². The molecule has 0 radical (unpaired) electrons. The zero-order valence-corrected chi connectivity index (χ0v) is 6.84. The van der Waals surface area contributed by atoms with E-state index in [0.717, 1.165) is 6.29 Å². The van der Waals surface area contributed by atoms with Crippen molar-refractivity contribution in [2.45, 2.75) is 12.2 Å². The lowest BCUT2D eigenvalue weighted by Gasteiger charge is -2.30. The second-order valence-corrected chi connectivity index (χ2v) is 3.15. The highest BCUT2D eigenvalue weighted by atomic mass is 16.4. The Kier molecular flexibility index (Phi) is 2.50. The number of rotatable bonds is 2. The molecular weight excluding hydrogens is 155 g/mol. The monoisotopic (exact) mass is 166 g/mol. The molecule has 1 aliphatic rings. The first-order chi connectivity index (χ1) is 5.61. The number of carbonyl (C=O) groups excluding carboxylic acids is 1. The lowest BCUT2D eigenvalue weighted by molar-refractivity contribution is -0.110. The van der Waals surface area contributed by atoms with Gasteiger partial charge in [-0.25, -0.2) is 0 Å². The second-order valence-electron chi connectivity index (χ2n) is 3.15. The van der Waals surface area contributed by atoms with E-state index in [2.05, 4.69) is 0 Å². The zero-order valence-electron chi connectivity index (χ0n) is 6.84. The molecule has 0 saturated heterocycles. The first-order valence-electron chi connectivity index (χ1n) is 3.78. The Labute approximate surface area is 71.6 Å². The van der Waals surface area contributed by atoms with Gasteiger partial charge in [0.1, 0.15) is 6.29 Å². The van der Waals surface area contributed by atoms with Crippen LogP contribution in [0.2, 0.25) is 5.31 Å². The molecule has 1 rings (SSSR count). The van der Waals surface area contributed by atoms with Crippen molar-refractivity contribution in [1.82, 2.24) is 0 Å². The molecule has 0 saturated carbocycles. The van der Waals surface area contributed by atoms with E-state index in [1.54, 1.807) is 31.2 Å². The summed E-state index contributed by atoms with van der Waals surface area (Å²) < 4.78 is 0. The fraction of sp³-hybridized carbons (Fsp3) is 0.375. The van der Waals surface area contributed by atoms with Gasteiger partial charge in [0.05, 0.1) is 0 Å². The topological polar surface area (TPSA) is 57.5 Å². The quantitative estimate of drug-likeness (QED) is 0.453. The smallest absolute Gasteiger partial charge is 0.426 e. The summed E-state index contributed by atoms with van der Waals surface area (Å²) in [6, 6.07) is 0. The molecule has 2 N–H and O–H groups in total. The molecule has 0 aliphatic heterocycles. The highest BCUT2D eigenvalue weighted by Crippen LogP contribution is 2.40. The van der Waals surface area contributed by atoms with Crippen LogP contribution in [0.5, 0.6) is 0 Å².